The number of methoxy groups -OCH3 is 1. The van der Waals surface area contributed by atoms with Crippen molar-refractivity contribution in [2.75, 3.05) is 12.8 Å². The molecular weight excluding hydrogens is 552 g/mol. The first kappa shape index (κ1) is 26.9. The van der Waals surface area contributed by atoms with E-state index in [1.54, 1.807) is 32.4 Å². The van der Waals surface area contributed by atoms with Crippen LogP contribution in [0.3, 0.4) is 0 Å². The molecule has 2 N–H and O–H groups in total. The zero-order valence-electron chi connectivity index (χ0n) is 22.3. The van der Waals surface area contributed by atoms with Crippen molar-refractivity contribution in [2.45, 2.75) is 38.5 Å². The number of nitrogens with zero attached hydrogens (tertiary/aromatic N) is 4. The number of aryl methyl sites for hydroxylation is 1. The number of hydrogen-bond acceptors (Lipinski definition) is 7. The summed E-state index contributed by atoms with van der Waals surface area (Å²) in [4.78, 5) is 4.18. The molecule has 1 atom stereocenters. The molecule has 0 bridgehead atoms. The number of fused-ring (bicyclic) bond motifs is 1. The quantitative estimate of drug-likeness (QED) is 0.215. The number of rotatable bonds is 7. The van der Waals surface area contributed by atoms with Gasteiger partial charge in [-0.25, -0.2) is 13.8 Å². The fourth-order valence-corrected chi connectivity index (χ4v) is 5.46. The lowest BCUT2D eigenvalue weighted by atomic mass is 9.85. The fraction of sp³-hybridized carbons (Fsp3) is 0.233. The van der Waals surface area contributed by atoms with E-state index >= 15 is 0 Å². The van der Waals surface area contributed by atoms with Crippen LogP contribution in [0.25, 0.3) is 22.7 Å². The minimum absolute atomic E-state index is 0.125. The molecule has 2 aromatic heterocycles. The molecule has 210 valence electrons. The second kappa shape index (κ2) is 10.6. The highest BCUT2D eigenvalue weighted by molar-refractivity contribution is 6.33. The third-order valence-electron chi connectivity index (χ3n) is 7.31. The van der Waals surface area contributed by atoms with Gasteiger partial charge in [0.15, 0.2) is 40.5 Å². The summed E-state index contributed by atoms with van der Waals surface area (Å²) >= 11 is 6.24. The van der Waals surface area contributed by atoms with E-state index in [0.717, 1.165) is 28.8 Å². The van der Waals surface area contributed by atoms with Gasteiger partial charge in [-0.3, -0.25) is 0 Å². The van der Waals surface area contributed by atoms with Gasteiger partial charge < -0.3 is 24.2 Å². The molecule has 0 saturated heterocycles. The summed E-state index contributed by atoms with van der Waals surface area (Å²) in [5.74, 6) is 0.872. The summed E-state index contributed by atoms with van der Waals surface area (Å²) in [6.45, 7) is 2.50. The topological polar surface area (TPSA) is 101 Å². The van der Waals surface area contributed by atoms with E-state index in [1.165, 1.54) is 6.07 Å². The Morgan fingerprint density at radius 2 is 1.93 bits per heavy atom. The Balaban J connectivity index is 1.44. The van der Waals surface area contributed by atoms with Gasteiger partial charge in [-0.1, -0.05) is 29.8 Å². The monoisotopic (exact) mass is 577 g/mol. The normalized spacial score (nSPS) is 16.5. The number of anilines is 1. The Morgan fingerprint density at radius 1 is 1.07 bits per heavy atom. The lowest BCUT2D eigenvalue weighted by molar-refractivity contribution is -0.0546. The Bertz CT molecular complexity index is 1750. The van der Waals surface area contributed by atoms with Gasteiger partial charge in [0.25, 0.3) is 0 Å². The van der Waals surface area contributed by atoms with Gasteiger partial charge >= 0.3 is 0 Å². The highest BCUT2D eigenvalue weighted by Gasteiger charge is 2.44. The van der Waals surface area contributed by atoms with E-state index in [2.05, 4.69) is 15.2 Å². The van der Waals surface area contributed by atoms with E-state index in [0.29, 0.717) is 64.7 Å². The maximum Gasteiger partial charge on any atom is 0.191 e. The zero-order chi connectivity index (χ0) is 28.7. The molecule has 1 unspecified atom stereocenters. The summed E-state index contributed by atoms with van der Waals surface area (Å²) in [5.41, 5.74) is 7.83. The Kier molecular flexibility index (Phi) is 6.96. The molecule has 0 aliphatic carbocycles. The van der Waals surface area contributed by atoms with Crippen LogP contribution in [-0.4, -0.2) is 26.9 Å². The Labute approximate surface area is 239 Å². The smallest absolute Gasteiger partial charge is 0.191 e. The van der Waals surface area contributed by atoms with Crippen molar-refractivity contribution in [3.8, 4) is 28.5 Å². The van der Waals surface area contributed by atoms with Crippen LogP contribution in [0.5, 0.6) is 5.75 Å². The molecule has 8 nitrogen and oxygen atoms in total. The van der Waals surface area contributed by atoms with Crippen LogP contribution in [0.2, 0.25) is 5.02 Å². The van der Waals surface area contributed by atoms with Crippen LogP contribution in [0.15, 0.2) is 65.2 Å². The second-order valence-corrected chi connectivity index (χ2v) is 10.3. The first-order valence-corrected chi connectivity index (χ1v) is 13.3. The molecule has 0 spiro atoms. The lowest BCUT2D eigenvalue weighted by Gasteiger charge is -2.37. The summed E-state index contributed by atoms with van der Waals surface area (Å²) < 4.78 is 48.4. The minimum atomic E-state index is -1.20. The molecule has 3 heterocycles. The molecule has 41 heavy (non-hydrogen) atoms. The highest BCUT2D eigenvalue weighted by atomic mass is 35.5. The minimum Gasteiger partial charge on any atom is -0.496 e. The van der Waals surface area contributed by atoms with Crippen molar-refractivity contribution in [3.63, 3.8) is 0 Å². The molecule has 11 heteroatoms. The lowest BCUT2D eigenvalue weighted by Crippen LogP contribution is -2.38. The van der Waals surface area contributed by atoms with Crippen LogP contribution in [0, 0.1) is 18.6 Å². The Hall–Kier alpha value is -4.28. The van der Waals surface area contributed by atoms with Crippen molar-refractivity contribution in [1.29, 1.82) is 0 Å². The van der Waals surface area contributed by atoms with E-state index in [9.17, 15) is 8.78 Å². The van der Waals surface area contributed by atoms with E-state index in [4.69, 9.17) is 31.2 Å². The highest BCUT2D eigenvalue weighted by Crippen LogP contribution is 2.44. The van der Waals surface area contributed by atoms with Crippen molar-refractivity contribution >= 4 is 17.3 Å². The van der Waals surface area contributed by atoms with Crippen LogP contribution in [0.4, 0.5) is 14.5 Å². The molecule has 0 amide bonds. The van der Waals surface area contributed by atoms with Crippen LogP contribution in [0.1, 0.15) is 35.7 Å². The number of nitrogens with two attached hydrogens (primary N) is 1. The molecule has 0 radical (unpaired) electrons. The molecule has 0 fully saturated rings. The van der Waals surface area contributed by atoms with Gasteiger partial charge in [0.05, 0.1) is 36.2 Å². The van der Waals surface area contributed by atoms with Crippen LogP contribution >= 0.6 is 11.6 Å². The molecule has 1 aliphatic rings. The number of benzene rings is 3. The molecule has 5 aromatic rings. The first-order valence-electron chi connectivity index (χ1n) is 13.0. The third-order valence-corrected chi connectivity index (χ3v) is 7.63. The predicted molar refractivity (Wildman–Crippen MR) is 149 cm³/mol. The molecular formula is C30H26ClF2N5O3. The number of oxazole rings is 1. The van der Waals surface area contributed by atoms with E-state index in [1.807, 2.05) is 28.8 Å². The van der Waals surface area contributed by atoms with Gasteiger partial charge in [-0.15, -0.1) is 10.2 Å². The summed E-state index contributed by atoms with van der Waals surface area (Å²) in [6.07, 6.45) is 2.80. The predicted octanol–water partition coefficient (Wildman–Crippen LogP) is 6.69. The maximum absolute atomic E-state index is 14.5. The average Bonchev–Trinajstić information content (AvgIpc) is 3.61. The maximum atomic E-state index is 14.5. The molecule has 1 aliphatic heterocycles. The third kappa shape index (κ3) is 4.83. The Morgan fingerprint density at radius 3 is 2.66 bits per heavy atom. The summed E-state index contributed by atoms with van der Waals surface area (Å²) in [6, 6.07) is 14.6. The first-order chi connectivity index (χ1) is 19.8. The van der Waals surface area contributed by atoms with Crippen molar-refractivity contribution in [3.05, 3.63) is 100 Å². The standard InChI is InChI=1S/C30H26ClF2N5O3/c1-17-35-15-27(41-17)21-7-5-19(13-26(21)39-2)28-36-37-29-30(10-3-11-38(28)29,20-6-8-23(32)24(33)14-20)40-16-18-4-9-25(34)22(31)12-18/h4-9,12-15H,3,10-11,16,34H2,1-2H3. The fourth-order valence-electron chi connectivity index (χ4n) is 5.25. The average molecular weight is 578 g/mol. The number of nitrogen functional groups attached to an aromatic ring is 1. The largest absolute Gasteiger partial charge is 0.496 e. The van der Waals surface area contributed by atoms with Gasteiger partial charge in [-0.05, 0) is 60.4 Å². The number of ether oxygens (including phenoxy) is 2. The molecule has 0 saturated carbocycles. The van der Waals surface area contributed by atoms with Gasteiger partial charge in [0.1, 0.15) is 5.75 Å². The molecule has 3 aromatic carbocycles. The number of hydrogen-bond donors (Lipinski definition) is 1. The van der Waals surface area contributed by atoms with Crippen LogP contribution < -0.4 is 10.5 Å². The van der Waals surface area contributed by atoms with Crippen LogP contribution in [-0.2, 0) is 23.5 Å². The second-order valence-electron chi connectivity index (χ2n) is 9.86. The van der Waals surface area contributed by atoms with Crippen molar-refractivity contribution in [1.82, 2.24) is 19.7 Å². The molecule has 6 rings (SSSR count). The van der Waals surface area contributed by atoms with Crippen molar-refractivity contribution < 1.29 is 22.7 Å². The van der Waals surface area contributed by atoms with E-state index in [-0.39, 0.29) is 6.61 Å². The van der Waals surface area contributed by atoms with Gasteiger partial charge in [-0.2, -0.15) is 0 Å². The van der Waals surface area contributed by atoms with Gasteiger partial charge in [0.2, 0.25) is 0 Å². The summed E-state index contributed by atoms with van der Waals surface area (Å²) in [5, 5.41) is 9.49. The van der Waals surface area contributed by atoms with E-state index < -0.39 is 17.2 Å². The van der Waals surface area contributed by atoms with Gasteiger partial charge in [0, 0.05) is 19.0 Å². The number of halogens is 3. The SMILES string of the molecule is COc1cc(-c2nnc3n2CCCC3(OCc2ccc(N)c(Cl)c2)c2ccc(F)c(F)c2)ccc1-c1cnc(C)o1. The van der Waals surface area contributed by atoms with Crippen molar-refractivity contribution in [2.24, 2.45) is 0 Å². The number of aromatic nitrogens is 4. The summed E-state index contributed by atoms with van der Waals surface area (Å²) in [7, 11) is 1.58. The zero-order valence-corrected chi connectivity index (χ0v) is 23.1.